The number of amides is 2. The maximum atomic E-state index is 11.4. The van der Waals surface area contributed by atoms with Crippen LogP contribution in [-0.2, 0) is 9.63 Å². The van der Waals surface area contributed by atoms with Crippen LogP contribution < -0.4 is 10.8 Å². The fourth-order valence-corrected chi connectivity index (χ4v) is 2.57. The zero-order valence-electron chi connectivity index (χ0n) is 10.4. The van der Waals surface area contributed by atoms with Crippen LogP contribution in [0.5, 0.6) is 0 Å². The SMILES string of the molecule is Cc1cc(C(C)NC(=O)NOCC(=O)O)c(C)s1. The number of thiophene rings is 1. The first-order chi connectivity index (χ1) is 8.40. The van der Waals surface area contributed by atoms with Gasteiger partial charge in [-0.3, -0.25) is 4.84 Å². The largest absolute Gasteiger partial charge is 0.479 e. The predicted octanol–water partition coefficient (Wildman–Crippen LogP) is 1.74. The molecule has 0 bridgehead atoms. The Morgan fingerprint density at radius 3 is 2.67 bits per heavy atom. The van der Waals surface area contributed by atoms with Gasteiger partial charge in [0.25, 0.3) is 0 Å². The summed E-state index contributed by atoms with van der Waals surface area (Å²) in [7, 11) is 0. The number of aliphatic carboxylic acids is 1. The molecule has 0 aromatic carbocycles. The first kappa shape index (κ1) is 14.5. The number of carboxylic acid groups (broad SMARTS) is 1. The Kier molecular flexibility index (Phi) is 5.11. The summed E-state index contributed by atoms with van der Waals surface area (Å²) in [5.74, 6) is -1.15. The predicted molar refractivity (Wildman–Crippen MR) is 67.5 cm³/mol. The average Bonchev–Trinajstić information content (AvgIpc) is 2.57. The van der Waals surface area contributed by atoms with E-state index >= 15 is 0 Å². The van der Waals surface area contributed by atoms with Gasteiger partial charge in [0, 0.05) is 9.75 Å². The first-order valence-corrected chi connectivity index (χ1v) is 6.19. The van der Waals surface area contributed by atoms with E-state index in [9.17, 15) is 9.59 Å². The molecule has 0 radical (unpaired) electrons. The second-order valence-corrected chi connectivity index (χ2v) is 5.31. The van der Waals surface area contributed by atoms with Gasteiger partial charge < -0.3 is 10.4 Å². The van der Waals surface area contributed by atoms with Gasteiger partial charge in [-0.1, -0.05) is 0 Å². The van der Waals surface area contributed by atoms with Crippen LogP contribution in [0.25, 0.3) is 0 Å². The number of rotatable bonds is 5. The van der Waals surface area contributed by atoms with E-state index in [0.717, 1.165) is 10.4 Å². The van der Waals surface area contributed by atoms with Crippen molar-refractivity contribution in [1.82, 2.24) is 10.8 Å². The van der Waals surface area contributed by atoms with Crippen LogP contribution in [0.4, 0.5) is 4.79 Å². The third kappa shape index (κ3) is 4.34. The number of hydrogen-bond acceptors (Lipinski definition) is 4. The van der Waals surface area contributed by atoms with Crippen LogP contribution in [0, 0.1) is 13.8 Å². The van der Waals surface area contributed by atoms with E-state index in [1.54, 1.807) is 11.3 Å². The summed E-state index contributed by atoms with van der Waals surface area (Å²) in [5, 5.41) is 11.0. The van der Waals surface area contributed by atoms with E-state index in [0.29, 0.717) is 0 Å². The highest BCUT2D eigenvalue weighted by atomic mass is 32.1. The van der Waals surface area contributed by atoms with Gasteiger partial charge in [-0.25, -0.2) is 15.1 Å². The number of nitrogens with one attached hydrogen (secondary N) is 2. The normalized spacial score (nSPS) is 11.9. The zero-order chi connectivity index (χ0) is 13.7. The van der Waals surface area contributed by atoms with Crippen molar-refractivity contribution in [3.05, 3.63) is 21.4 Å². The monoisotopic (exact) mass is 272 g/mol. The highest BCUT2D eigenvalue weighted by Gasteiger charge is 2.13. The highest BCUT2D eigenvalue weighted by Crippen LogP contribution is 2.25. The number of carbonyl (C=O) groups excluding carboxylic acids is 1. The average molecular weight is 272 g/mol. The Bertz CT molecular complexity index is 444. The molecule has 1 unspecified atom stereocenters. The molecule has 18 heavy (non-hydrogen) atoms. The molecule has 0 spiro atoms. The first-order valence-electron chi connectivity index (χ1n) is 5.37. The third-order valence-corrected chi connectivity index (χ3v) is 3.24. The molecule has 100 valence electrons. The summed E-state index contributed by atoms with van der Waals surface area (Å²) in [6.45, 7) is 5.28. The standard InChI is InChI=1S/C11H16N2O4S/c1-6-4-9(8(3)18-6)7(2)12-11(16)13-17-5-10(14)15/h4,7H,5H2,1-3H3,(H,14,15)(H2,12,13,16). The van der Waals surface area contributed by atoms with Gasteiger partial charge in [0.15, 0.2) is 6.61 Å². The lowest BCUT2D eigenvalue weighted by Crippen LogP contribution is -2.38. The Hall–Kier alpha value is -1.60. The van der Waals surface area contributed by atoms with Crippen LogP contribution in [-0.4, -0.2) is 23.7 Å². The summed E-state index contributed by atoms with van der Waals surface area (Å²) in [4.78, 5) is 28.4. The molecule has 6 nitrogen and oxygen atoms in total. The number of urea groups is 1. The second kappa shape index (κ2) is 6.36. The number of hydrogen-bond donors (Lipinski definition) is 3. The van der Waals surface area contributed by atoms with Gasteiger partial charge in [0.2, 0.25) is 0 Å². The zero-order valence-corrected chi connectivity index (χ0v) is 11.3. The quantitative estimate of drug-likeness (QED) is 0.712. The van der Waals surface area contributed by atoms with Crippen molar-refractivity contribution in [1.29, 1.82) is 0 Å². The molecule has 1 atom stereocenters. The number of aryl methyl sites for hydroxylation is 2. The molecule has 0 aliphatic carbocycles. The number of carbonyl (C=O) groups is 2. The van der Waals surface area contributed by atoms with Crippen molar-refractivity contribution in [2.45, 2.75) is 26.8 Å². The molecule has 1 rings (SSSR count). The molecule has 0 aliphatic heterocycles. The lowest BCUT2D eigenvalue weighted by molar-refractivity contribution is -0.144. The second-order valence-electron chi connectivity index (χ2n) is 3.85. The van der Waals surface area contributed by atoms with Gasteiger partial charge >= 0.3 is 12.0 Å². The van der Waals surface area contributed by atoms with E-state index in [-0.39, 0.29) is 6.04 Å². The van der Waals surface area contributed by atoms with Crippen LogP contribution in [0.1, 0.15) is 28.3 Å². The minimum atomic E-state index is -1.15. The van der Waals surface area contributed by atoms with Crippen molar-refractivity contribution in [3.8, 4) is 0 Å². The molecule has 0 saturated carbocycles. The third-order valence-electron chi connectivity index (χ3n) is 2.25. The molecule has 0 fully saturated rings. The Morgan fingerprint density at radius 1 is 1.50 bits per heavy atom. The minimum Gasteiger partial charge on any atom is -0.479 e. The fraction of sp³-hybridized carbons (Fsp3) is 0.455. The molecule has 7 heteroatoms. The van der Waals surface area contributed by atoms with Gasteiger partial charge in [-0.15, -0.1) is 11.3 Å². The van der Waals surface area contributed by atoms with Crippen LogP contribution >= 0.6 is 11.3 Å². The van der Waals surface area contributed by atoms with E-state index < -0.39 is 18.6 Å². The summed E-state index contributed by atoms with van der Waals surface area (Å²) in [6.07, 6.45) is 0. The van der Waals surface area contributed by atoms with Crippen molar-refractivity contribution in [2.75, 3.05) is 6.61 Å². The number of carboxylic acids is 1. The molecule has 1 aromatic rings. The summed E-state index contributed by atoms with van der Waals surface area (Å²) < 4.78 is 0. The topological polar surface area (TPSA) is 87.7 Å². The Balaban J connectivity index is 2.44. The Morgan fingerprint density at radius 2 is 2.17 bits per heavy atom. The van der Waals surface area contributed by atoms with Crippen LogP contribution in [0.15, 0.2) is 6.07 Å². The minimum absolute atomic E-state index is 0.164. The molecule has 2 amide bonds. The van der Waals surface area contributed by atoms with Gasteiger partial charge in [-0.2, -0.15) is 0 Å². The summed E-state index contributed by atoms with van der Waals surface area (Å²) >= 11 is 1.67. The van der Waals surface area contributed by atoms with Crippen LogP contribution in [0.3, 0.4) is 0 Å². The lowest BCUT2D eigenvalue weighted by Gasteiger charge is -2.14. The van der Waals surface area contributed by atoms with E-state index in [4.69, 9.17) is 5.11 Å². The number of hydroxylamine groups is 1. The van der Waals surface area contributed by atoms with E-state index in [1.165, 1.54) is 4.88 Å². The molecule has 3 N–H and O–H groups in total. The maximum absolute atomic E-state index is 11.4. The van der Waals surface area contributed by atoms with Gasteiger partial charge in [0.05, 0.1) is 6.04 Å². The lowest BCUT2D eigenvalue weighted by atomic mass is 10.1. The Labute approximate surface area is 109 Å². The van der Waals surface area contributed by atoms with Crippen molar-refractivity contribution >= 4 is 23.3 Å². The molecular weight excluding hydrogens is 256 g/mol. The van der Waals surface area contributed by atoms with Gasteiger partial charge in [0.1, 0.15) is 0 Å². The highest BCUT2D eigenvalue weighted by molar-refractivity contribution is 7.12. The summed E-state index contributed by atoms with van der Waals surface area (Å²) in [6, 6.07) is 1.29. The maximum Gasteiger partial charge on any atom is 0.339 e. The van der Waals surface area contributed by atoms with Crippen LogP contribution in [0.2, 0.25) is 0 Å². The van der Waals surface area contributed by atoms with E-state index in [2.05, 4.69) is 10.2 Å². The van der Waals surface area contributed by atoms with Crippen molar-refractivity contribution < 1.29 is 19.5 Å². The van der Waals surface area contributed by atoms with Gasteiger partial charge in [-0.05, 0) is 32.4 Å². The molecule has 1 aromatic heterocycles. The molecular formula is C11H16N2O4S. The molecule has 1 heterocycles. The molecule has 0 aliphatic rings. The summed E-state index contributed by atoms with van der Waals surface area (Å²) in [5.41, 5.74) is 3.06. The fourth-order valence-electron chi connectivity index (χ4n) is 1.55. The van der Waals surface area contributed by atoms with Crippen molar-refractivity contribution in [3.63, 3.8) is 0 Å². The molecule has 0 saturated heterocycles. The van der Waals surface area contributed by atoms with Crippen molar-refractivity contribution in [2.24, 2.45) is 0 Å². The smallest absolute Gasteiger partial charge is 0.339 e. The van der Waals surface area contributed by atoms with E-state index in [1.807, 2.05) is 32.3 Å².